The van der Waals surface area contributed by atoms with Crippen molar-refractivity contribution in [3.8, 4) is 0 Å². The molecule has 0 spiro atoms. The van der Waals surface area contributed by atoms with E-state index in [2.05, 4.69) is 5.32 Å². The third kappa shape index (κ3) is 2.55. The van der Waals surface area contributed by atoms with Gasteiger partial charge in [-0.25, -0.2) is 8.78 Å². The summed E-state index contributed by atoms with van der Waals surface area (Å²) in [5.74, 6) is -3.61. The molecule has 4 nitrogen and oxygen atoms in total. The second kappa shape index (κ2) is 5.18. The van der Waals surface area contributed by atoms with Crippen molar-refractivity contribution in [1.29, 1.82) is 0 Å². The van der Waals surface area contributed by atoms with Crippen molar-refractivity contribution in [2.45, 2.75) is 43.6 Å². The highest BCUT2D eigenvalue weighted by Gasteiger charge is 2.34. The van der Waals surface area contributed by atoms with Gasteiger partial charge in [0.15, 0.2) is 0 Å². The van der Waals surface area contributed by atoms with Gasteiger partial charge in [-0.1, -0.05) is 0 Å². The summed E-state index contributed by atoms with van der Waals surface area (Å²) in [5.41, 5.74) is 0.231. The van der Waals surface area contributed by atoms with E-state index in [1.165, 1.54) is 12.1 Å². The summed E-state index contributed by atoms with van der Waals surface area (Å²) in [4.78, 5) is 22.8. The Bertz CT molecular complexity index is 588. The number of nitrogens with one attached hydrogen (secondary N) is 1. The number of piperidine rings is 1. The van der Waals surface area contributed by atoms with Crippen LogP contribution in [0.1, 0.15) is 48.6 Å². The number of hydrogen-bond donors (Lipinski definition) is 2. The number of halogens is 2. The molecule has 3 rings (SSSR count). The molecule has 6 heteroatoms. The van der Waals surface area contributed by atoms with Gasteiger partial charge in [0.05, 0.1) is 12.0 Å². The maximum absolute atomic E-state index is 14.2. The Kier molecular flexibility index (Phi) is 3.49. The van der Waals surface area contributed by atoms with Gasteiger partial charge >= 0.3 is 0 Å². The third-order valence-electron chi connectivity index (χ3n) is 4.27. The van der Waals surface area contributed by atoms with Crippen molar-refractivity contribution >= 4 is 11.8 Å². The number of carbonyl (C=O) groups is 2. The summed E-state index contributed by atoms with van der Waals surface area (Å²) in [6.45, 7) is 0. The molecule has 1 aromatic rings. The van der Waals surface area contributed by atoms with E-state index < -0.39 is 35.5 Å². The van der Waals surface area contributed by atoms with Crippen LogP contribution in [0.15, 0.2) is 12.1 Å². The Balaban J connectivity index is 1.89. The molecule has 1 aromatic carbocycles. The Labute approximate surface area is 120 Å². The van der Waals surface area contributed by atoms with Crippen LogP contribution in [-0.2, 0) is 9.59 Å². The number of amides is 2. The van der Waals surface area contributed by atoms with E-state index in [0.717, 1.165) is 0 Å². The van der Waals surface area contributed by atoms with Gasteiger partial charge in [0.25, 0.3) is 0 Å². The molecule has 0 bridgehead atoms. The minimum absolute atomic E-state index is 0.0418. The van der Waals surface area contributed by atoms with Gasteiger partial charge < -0.3 is 5.11 Å². The fraction of sp³-hybridized carbons (Fsp3) is 0.467. The average Bonchev–Trinajstić information content (AvgIpc) is 2.36. The first kappa shape index (κ1) is 14.1. The van der Waals surface area contributed by atoms with E-state index in [9.17, 15) is 23.5 Å². The van der Waals surface area contributed by atoms with Crippen LogP contribution < -0.4 is 5.32 Å². The summed E-state index contributed by atoms with van der Waals surface area (Å²) in [6, 6.07) is 2.47. The number of rotatable bonds is 2. The maximum atomic E-state index is 14.2. The molecule has 2 amide bonds. The molecule has 1 unspecified atom stereocenters. The molecule has 2 aliphatic rings. The van der Waals surface area contributed by atoms with Crippen molar-refractivity contribution in [3.63, 3.8) is 0 Å². The Hall–Kier alpha value is -1.82. The van der Waals surface area contributed by atoms with Crippen molar-refractivity contribution in [1.82, 2.24) is 5.32 Å². The zero-order valence-electron chi connectivity index (χ0n) is 11.2. The smallest absolute Gasteiger partial charge is 0.234 e. The topological polar surface area (TPSA) is 66.4 Å². The summed E-state index contributed by atoms with van der Waals surface area (Å²) in [7, 11) is 0. The molecule has 21 heavy (non-hydrogen) atoms. The van der Waals surface area contributed by atoms with Crippen LogP contribution in [0.25, 0.3) is 0 Å². The molecule has 1 saturated carbocycles. The van der Waals surface area contributed by atoms with Gasteiger partial charge in [0.2, 0.25) is 11.8 Å². The van der Waals surface area contributed by atoms with E-state index in [0.29, 0.717) is 18.4 Å². The number of hydrogen-bond acceptors (Lipinski definition) is 3. The third-order valence-corrected chi connectivity index (χ3v) is 4.27. The highest BCUT2D eigenvalue weighted by atomic mass is 19.1. The molecule has 1 saturated heterocycles. The van der Waals surface area contributed by atoms with Gasteiger partial charge in [-0.05, 0) is 42.9 Å². The van der Waals surface area contributed by atoms with Crippen LogP contribution in [-0.4, -0.2) is 23.0 Å². The van der Waals surface area contributed by atoms with E-state index in [-0.39, 0.29) is 24.3 Å². The summed E-state index contributed by atoms with van der Waals surface area (Å²) >= 11 is 0. The first-order chi connectivity index (χ1) is 9.95. The number of aliphatic hydroxyl groups excluding tert-OH is 1. The molecule has 0 aromatic heterocycles. The Morgan fingerprint density at radius 2 is 1.76 bits per heavy atom. The standard InChI is InChI=1S/C15H15F2NO3/c16-11-5-8(7-3-9(19)4-7)6-12(17)14(11)10-1-2-13(20)18-15(10)21/h5-7,9-10,19H,1-4H2,(H,18,20,21). The van der Waals surface area contributed by atoms with Crippen molar-refractivity contribution < 1.29 is 23.5 Å². The van der Waals surface area contributed by atoms with Crippen molar-refractivity contribution in [2.75, 3.05) is 0 Å². The first-order valence-electron chi connectivity index (χ1n) is 6.96. The molecular formula is C15H15F2NO3. The van der Waals surface area contributed by atoms with Gasteiger partial charge in [0.1, 0.15) is 11.6 Å². The lowest BCUT2D eigenvalue weighted by molar-refractivity contribution is -0.134. The van der Waals surface area contributed by atoms with Crippen LogP contribution in [0.2, 0.25) is 0 Å². The molecule has 2 N–H and O–H groups in total. The van der Waals surface area contributed by atoms with E-state index >= 15 is 0 Å². The fourth-order valence-corrected chi connectivity index (χ4v) is 3.00. The average molecular weight is 295 g/mol. The molecule has 1 heterocycles. The van der Waals surface area contributed by atoms with Crippen LogP contribution >= 0.6 is 0 Å². The highest BCUT2D eigenvalue weighted by molar-refractivity contribution is 6.00. The normalized spacial score (nSPS) is 29.0. The Morgan fingerprint density at radius 1 is 1.14 bits per heavy atom. The van der Waals surface area contributed by atoms with E-state index in [1.54, 1.807) is 0 Å². The summed E-state index contributed by atoms with van der Waals surface area (Å²) in [5, 5.41) is 11.4. The summed E-state index contributed by atoms with van der Waals surface area (Å²) in [6.07, 6.45) is 0.773. The Morgan fingerprint density at radius 3 is 2.29 bits per heavy atom. The van der Waals surface area contributed by atoms with E-state index in [4.69, 9.17) is 0 Å². The largest absolute Gasteiger partial charge is 0.393 e. The predicted octanol–water partition coefficient (Wildman–Crippen LogP) is 1.72. The van der Waals surface area contributed by atoms with Crippen LogP contribution in [0.4, 0.5) is 8.78 Å². The zero-order valence-corrected chi connectivity index (χ0v) is 11.2. The van der Waals surface area contributed by atoms with Crippen LogP contribution in [0.3, 0.4) is 0 Å². The molecule has 2 fully saturated rings. The number of aliphatic hydroxyl groups is 1. The van der Waals surface area contributed by atoms with Crippen molar-refractivity contribution in [3.05, 3.63) is 34.9 Å². The van der Waals surface area contributed by atoms with Crippen LogP contribution in [0.5, 0.6) is 0 Å². The van der Waals surface area contributed by atoms with E-state index in [1.807, 2.05) is 0 Å². The quantitative estimate of drug-likeness (QED) is 0.817. The first-order valence-corrected chi connectivity index (χ1v) is 6.96. The SMILES string of the molecule is O=C1CCC(c2c(F)cc(C3CC(O)C3)cc2F)C(=O)N1. The second-order valence-electron chi connectivity index (χ2n) is 5.72. The maximum Gasteiger partial charge on any atom is 0.234 e. The highest BCUT2D eigenvalue weighted by Crippen LogP contribution is 2.39. The lowest BCUT2D eigenvalue weighted by Crippen LogP contribution is -2.40. The van der Waals surface area contributed by atoms with Gasteiger partial charge in [-0.3, -0.25) is 14.9 Å². The van der Waals surface area contributed by atoms with Gasteiger partial charge in [-0.15, -0.1) is 0 Å². The number of benzene rings is 1. The molecule has 0 radical (unpaired) electrons. The summed E-state index contributed by atoms with van der Waals surface area (Å²) < 4.78 is 28.4. The predicted molar refractivity (Wildman–Crippen MR) is 69.5 cm³/mol. The molecular weight excluding hydrogens is 280 g/mol. The molecule has 1 aliphatic carbocycles. The lowest BCUT2D eigenvalue weighted by Gasteiger charge is -2.32. The molecule has 1 aliphatic heterocycles. The number of imide groups is 1. The van der Waals surface area contributed by atoms with Crippen LogP contribution in [0, 0.1) is 11.6 Å². The minimum atomic E-state index is -0.969. The van der Waals surface area contributed by atoms with Gasteiger partial charge in [-0.2, -0.15) is 0 Å². The monoisotopic (exact) mass is 295 g/mol. The fourth-order valence-electron chi connectivity index (χ4n) is 3.00. The lowest BCUT2D eigenvalue weighted by atomic mass is 9.77. The minimum Gasteiger partial charge on any atom is -0.393 e. The zero-order chi connectivity index (χ0) is 15.1. The molecule has 1 atom stereocenters. The molecule has 112 valence electrons. The van der Waals surface area contributed by atoms with Crippen molar-refractivity contribution in [2.24, 2.45) is 0 Å². The number of carbonyl (C=O) groups excluding carboxylic acids is 2. The van der Waals surface area contributed by atoms with Gasteiger partial charge in [0, 0.05) is 12.0 Å². The second-order valence-corrected chi connectivity index (χ2v) is 5.72.